The number of fused-ring (bicyclic) bond motifs is 1. The lowest BCUT2D eigenvalue weighted by atomic mass is 10.1. The molecule has 0 fully saturated rings. The van der Waals surface area contributed by atoms with Gasteiger partial charge < -0.3 is 0 Å². The van der Waals surface area contributed by atoms with Gasteiger partial charge >= 0.3 is 0 Å². The number of rotatable bonds is 6. The van der Waals surface area contributed by atoms with Crippen molar-refractivity contribution in [3.63, 3.8) is 0 Å². The van der Waals surface area contributed by atoms with Crippen LogP contribution in [0, 0.1) is 5.82 Å². The first-order valence-corrected chi connectivity index (χ1v) is 12.2. The Hall–Kier alpha value is -4.15. The molecule has 1 atom stereocenters. The van der Waals surface area contributed by atoms with Gasteiger partial charge in [0.15, 0.2) is 5.15 Å². The SMILES string of the molecule is CC(=O)Nc1nc2ccc(-c3cnc(Cl)c(NS(=O)c4ccc(F)cc4)c3)cc2n1-c1ccccn1. The number of nitrogens with one attached hydrogen (secondary N) is 2. The van der Waals surface area contributed by atoms with Crippen molar-refractivity contribution in [2.45, 2.75) is 11.8 Å². The largest absolute Gasteiger partial charge is 0.298 e. The van der Waals surface area contributed by atoms with Crippen molar-refractivity contribution in [2.75, 3.05) is 10.0 Å². The van der Waals surface area contributed by atoms with Crippen molar-refractivity contribution in [2.24, 2.45) is 0 Å². The van der Waals surface area contributed by atoms with Crippen LogP contribution in [0.2, 0.25) is 5.15 Å². The second-order valence-corrected chi connectivity index (χ2v) is 9.30. The third-order valence-electron chi connectivity index (χ3n) is 5.22. The summed E-state index contributed by atoms with van der Waals surface area (Å²) in [5, 5.41) is 2.89. The predicted octanol–water partition coefficient (Wildman–Crippen LogP) is 5.37. The van der Waals surface area contributed by atoms with E-state index < -0.39 is 16.8 Å². The molecule has 0 aliphatic heterocycles. The summed E-state index contributed by atoms with van der Waals surface area (Å²) in [6.07, 6.45) is 3.26. The van der Waals surface area contributed by atoms with Crippen LogP contribution in [0.3, 0.4) is 0 Å². The molecule has 8 nitrogen and oxygen atoms in total. The first-order chi connectivity index (χ1) is 17.4. The monoisotopic (exact) mass is 520 g/mol. The number of imidazole rings is 1. The number of aromatic nitrogens is 4. The fourth-order valence-electron chi connectivity index (χ4n) is 3.61. The van der Waals surface area contributed by atoms with Gasteiger partial charge in [-0.3, -0.25) is 19.4 Å². The molecular formula is C25H18ClFN6O2S. The molecule has 0 saturated carbocycles. The normalized spacial score (nSPS) is 11.9. The Morgan fingerprint density at radius 3 is 2.56 bits per heavy atom. The molecule has 1 unspecified atom stereocenters. The molecule has 5 aromatic rings. The van der Waals surface area contributed by atoms with Gasteiger partial charge in [-0.25, -0.2) is 23.6 Å². The number of amides is 1. The Bertz CT molecular complexity index is 1610. The molecule has 11 heteroatoms. The van der Waals surface area contributed by atoms with Crippen LogP contribution >= 0.6 is 11.6 Å². The average Bonchev–Trinajstić information content (AvgIpc) is 3.22. The number of benzene rings is 2. The molecule has 1 amide bonds. The lowest BCUT2D eigenvalue weighted by molar-refractivity contribution is -0.114. The Balaban J connectivity index is 1.55. The maximum absolute atomic E-state index is 13.2. The highest BCUT2D eigenvalue weighted by Gasteiger charge is 2.16. The van der Waals surface area contributed by atoms with Gasteiger partial charge in [0.05, 0.1) is 21.6 Å². The molecule has 0 aliphatic rings. The zero-order valence-electron chi connectivity index (χ0n) is 18.8. The van der Waals surface area contributed by atoms with Crippen molar-refractivity contribution in [1.82, 2.24) is 19.5 Å². The minimum Gasteiger partial charge on any atom is -0.298 e. The van der Waals surface area contributed by atoms with Gasteiger partial charge in [0.25, 0.3) is 0 Å². The maximum atomic E-state index is 13.2. The van der Waals surface area contributed by atoms with E-state index in [9.17, 15) is 13.4 Å². The maximum Gasteiger partial charge on any atom is 0.223 e. The van der Waals surface area contributed by atoms with E-state index in [1.54, 1.807) is 29.1 Å². The molecule has 0 bridgehead atoms. The van der Waals surface area contributed by atoms with Crippen molar-refractivity contribution in [1.29, 1.82) is 0 Å². The second-order valence-electron chi connectivity index (χ2n) is 7.73. The lowest BCUT2D eigenvalue weighted by Gasteiger charge is -2.11. The molecule has 3 aromatic heterocycles. The number of hydrogen-bond donors (Lipinski definition) is 2. The highest BCUT2D eigenvalue weighted by Crippen LogP contribution is 2.32. The van der Waals surface area contributed by atoms with E-state index in [1.165, 1.54) is 31.2 Å². The minimum absolute atomic E-state index is 0.141. The van der Waals surface area contributed by atoms with Crippen LogP contribution < -0.4 is 10.0 Å². The van der Waals surface area contributed by atoms with Crippen LogP contribution in [0.4, 0.5) is 16.0 Å². The summed E-state index contributed by atoms with van der Waals surface area (Å²) in [4.78, 5) is 25.4. The number of anilines is 2. The summed E-state index contributed by atoms with van der Waals surface area (Å²) >= 11 is 6.26. The number of halogens is 2. The van der Waals surface area contributed by atoms with Gasteiger partial charge in [0.1, 0.15) is 22.6 Å². The number of carbonyl (C=O) groups is 1. The third kappa shape index (κ3) is 4.81. The van der Waals surface area contributed by atoms with Crippen molar-refractivity contribution in [3.8, 4) is 16.9 Å². The van der Waals surface area contributed by atoms with Crippen LogP contribution in [0.1, 0.15) is 6.92 Å². The average molecular weight is 521 g/mol. The highest BCUT2D eigenvalue weighted by atomic mass is 35.5. The number of carbonyl (C=O) groups excluding carboxylic acids is 1. The second kappa shape index (κ2) is 9.84. The van der Waals surface area contributed by atoms with E-state index >= 15 is 0 Å². The smallest absolute Gasteiger partial charge is 0.223 e. The predicted molar refractivity (Wildman–Crippen MR) is 138 cm³/mol. The Morgan fingerprint density at radius 2 is 1.83 bits per heavy atom. The fraction of sp³-hybridized carbons (Fsp3) is 0.0400. The van der Waals surface area contributed by atoms with Crippen molar-refractivity contribution in [3.05, 3.63) is 90.1 Å². The number of nitrogens with zero attached hydrogens (tertiary/aromatic N) is 4. The molecule has 180 valence electrons. The highest BCUT2D eigenvalue weighted by molar-refractivity contribution is 7.86. The molecule has 0 saturated heterocycles. The summed E-state index contributed by atoms with van der Waals surface area (Å²) in [6.45, 7) is 1.41. The Labute approximate surface area is 212 Å². The Kier molecular flexibility index (Phi) is 6.45. The summed E-state index contributed by atoms with van der Waals surface area (Å²) in [7, 11) is -1.67. The molecule has 0 radical (unpaired) electrons. The molecule has 0 spiro atoms. The van der Waals surface area contributed by atoms with E-state index in [0.717, 1.165) is 5.56 Å². The van der Waals surface area contributed by atoms with Crippen LogP contribution in [0.25, 0.3) is 28.0 Å². The number of hydrogen-bond acceptors (Lipinski definition) is 5. The van der Waals surface area contributed by atoms with Crippen LogP contribution in [0.15, 0.2) is 84.0 Å². The van der Waals surface area contributed by atoms with Crippen LogP contribution in [-0.2, 0) is 15.8 Å². The van der Waals surface area contributed by atoms with Gasteiger partial charge in [-0.2, -0.15) is 0 Å². The third-order valence-corrected chi connectivity index (χ3v) is 6.63. The zero-order valence-corrected chi connectivity index (χ0v) is 20.3. The Morgan fingerprint density at radius 1 is 1.03 bits per heavy atom. The first kappa shape index (κ1) is 23.6. The summed E-state index contributed by atoms with van der Waals surface area (Å²) in [5.41, 5.74) is 3.22. The van der Waals surface area contributed by atoms with Gasteiger partial charge in [-0.15, -0.1) is 0 Å². The standard InChI is InChI=1S/C25H18ClFN6O2S/c1-15(34)30-25-31-20-10-5-16(13-22(20)33(25)23-4-2-3-11-28-23)17-12-21(24(26)29-14-17)32-36(35)19-8-6-18(27)7-9-19/h2-14,32H,1H3,(H,30,31,34). The van der Waals surface area contributed by atoms with E-state index in [4.69, 9.17) is 11.6 Å². The van der Waals surface area contributed by atoms with Gasteiger partial charge in [0, 0.05) is 24.9 Å². The fourth-order valence-corrected chi connectivity index (χ4v) is 4.67. The zero-order chi connectivity index (χ0) is 25.2. The van der Waals surface area contributed by atoms with Gasteiger partial charge in [0.2, 0.25) is 11.9 Å². The minimum atomic E-state index is -1.67. The molecular weight excluding hydrogens is 503 g/mol. The van der Waals surface area contributed by atoms with E-state index in [-0.39, 0.29) is 11.1 Å². The summed E-state index contributed by atoms with van der Waals surface area (Å²) < 4.78 is 30.5. The molecule has 2 aromatic carbocycles. The van der Waals surface area contributed by atoms with Crippen molar-refractivity contribution >= 4 is 51.2 Å². The molecule has 3 heterocycles. The molecule has 0 aliphatic carbocycles. The van der Waals surface area contributed by atoms with E-state index in [2.05, 4.69) is 25.0 Å². The summed E-state index contributed by atoms with van der Waals surface area (Å²) in [6, 6.07) is 18.1. The van der Waals surface area contributed by atoms with Crippen molar-refractivity contribution < 1.29 is 13.4 Å². The van der Waals surface area contributed by atoms with E-state index in [0.29, 0.717) is 38.9 Å². The molecule has 5 rings (SSSR count). The van der Waals surface area contributed by atoms with Gasteiger partial charge in [-0.1, -0.05) is 23.7 Å². The lowest BCUT2D eigenvalue weighted by Crippen LogP contribution is -2.11. The molecule has 36 heavy (non-hydrogen) atoms. The quantitative estimate of drug-likeness (QED) is 0.293. The summed E-state index contributed by atoms with van der Waals surface area (Å²) in [5.74, 6) is 0.265. The first-order valence-electron chi connectivity index (χ1n) is 10.7. The topological polar surface area (TPSA) is 102 Å². The van der Waals surface area contributed by atoms with Crippen LogP contribution in [0.5, 0.6) is 0 Å². The van der Waals surface area contributed by atoms with E-state index in [1.807, 2.05) is 30.3 Å². The number of pyridine rings is 2. The van der Waals surface area contributed by atoms with Gasteiger partial charge in [-0.05, 0) is 60.2 Å². The van der Waals surface area contributed by atoms with Crippen LogP contribution in [-0.4, -0.2) is 29.6 Å². The molecule has 2 N–H and O–H groups in total.